The fourth-order valence-corrected chi connectivity index (χ4v) is 2.95. The highest BCUT2D eigenvalue weighted by Crippen LogP contribution is 2.39. The van der Waals surface area contributed by atoms with Crippen molar-refractivity contribution in [2.24, 2.45) is 10.9 Å². The average molecular weight is 374 g/mol. The Kier molecular flexibility index (Phi) is 6.44. The maximum Gasteiger partial charge on any atom is 0.336 e. The van der Waals surface area contributed by atoms with Crippen LogP contribution >= 0.6 is 0 Å². The Labute approximate surface area is 157 Å². The molecule has 0 radical (unpaired) electrons. The standard InChI is InChI=1S/C19H22N2O6/c1-5-26-18(22)15-10-20-12(4)16(19(23)27-11(2)3)17(15)13-7-6-8-14(9-13)21(24)25/h6-11,15,17H,5H2,1-4H3. The summed E-state index contributed by atoms with van der Waals surface area (Å²) in [5.41, 5.74) is 0.915. The summed E-state index contributed by atoms with van der Waals surface area (Å²) in [6.07, 6.45) is 1.05. The SMILES string of the molecule is CCOC(=O)C1C=NC(C)=C(C(=O)OC(C)C)C1c1cccc([N+](=O)[O-])c1. The summed E-state index contributed by atoms with van der Waals surface area (Å²) in [5.74, 6) is -2.83. The van der Waals surface area contributed by atoms with E-state index in [1.165, 1.54) is 24.4 Å². The number of allylic oxidation sites excluding steroid dienone is 1. The first-order valence-electron chi connectivity index (χ1n) is 8.63. The minimum Gasteiger partial charge on any atom is -0.465 e. The van der Waals surface area contributed by atoms with Crippen LogP contribution in [0.5, 0.6) is 0 Å². The number of rotatable bonds is 6. The van der Waals surface area contributed by atoms with Gasteiger partial charge in [-0.25, -0.2) is 4.79 Å². The van der Waals surface area contributed by atoms with E-state index >= 15 is 0 Å². The molecule has 1 aromatic rings. The quantitative estimate of drug-likeness (QED) is 0.430. The second-order valence-corrected chi connectivity index (χ2v) is 6.34. The fourth-order valence-electron chi connectivity index (χ4n) is 2.95. The molecule has 0 fully saturated rings. The molecule has 0 saturated heterocycles. The number of ether oxygens (including phenoxy) is 2. The number of aliphatic imine (C=N–C) groups is 1. The van der Waals surface area contributed by atoms with Gasteiger partial charge in [-0.1, -0.05) is 12.1 Å². The molecule has 1 heterocycles. The fraction of sp³-hybridized carbons (Fsp3) is 0.421. The molecule has 8 nitrogen and oxygen atoms in total. The normalized spacial score (nSPS) is 19.1. The van der Waals surface area contributed by atoms with Crippen molar-refractivity contribution in [3.05, 3.63) is 51.2 Å². The maximum atomic E-state index is 12.7. The first-order valence-corrected chi connectivity index (χ1v) is 8.63. The molecule has 0 bridgehead atoms. The third kappa shape index (κ3) is 4.58. The molecule has 144 valence electrons. The summed E-state index contributed by atoms with van der Waals surface area (Å²) in [6.45, 7) is 6.91. The van der Waals surface area contributed by atoms with Gasteiger partial charge >= 0.3 is 11.9 Å². The van der Waals surface area contributed by atoms with E-state index in [1.54, 1.807) is 33.8 Å². The third-order valence-corrected chi connectivity index (χ3v) is 4.05. The maximum absolute atomic E-state index is 12.7. The molecule has 1 aliphatic rings. The molecule has 8 heteroatoms. The summed E-state index contributed by atoms with van der Waals surface area (Å²) in [6, 6.07) is 5.86. The number of hydrogen-bond donors (Lipinski definition) is 0. The number of nitrogens with zero attached hydrogens (tertiary/aromatic N) is 2. The molecule has 0 N–H and O–H groups in total. The van der Waals surface area contributed by atoms with Gasteiger partial charge in [0.1, 0.15) is 5.92 Å². The lowest BCUT2D eigenvalue weighted by molar-refractivity contribution is -0.384. The van der Waals surface area contributed by atoms with E-state index in [4.69, 9.17) is 9.47 Å². The van der Waals surface area contributed by atoms with Crippen molar-refractivity contribution in [3.63, 3.8) is 0 Å². The number of esters is 2. The number of nitro groups is 1. The van der Waals surface area contributed by atoms with E-state index in [0.717, 1.165) is 0 Å². The molecule has 2 atom stereocenters. The molecule has 2 unspecified atom stereocenters. The van der Waals surface area contributed by atoms with Gasteiger partial charge in [0.2, 0.25) is 0 Å². The van der Waals surface area contributed by atoms with Gasteiger partial charge < -0.3 is 9.47 Å². The van der Waals surface area contributed by atoms with Crippen LogP contribution < -0.4 is 0 Å². The van der Waals surface area contributed by atoms with Crippen molar-refractivity contribution in [1.29, 1.82) is 0 Å². The van der Waals surface area contributed by atoms with Gasteiger partial charge in [0.15, 0.2) is 0 Å². The highest BCUT2D eigenvalue weighted by molar-refractivity contribution is 6.00. The summed E-state index contributed by atoms with van der Waals surface area (Å²) in [4.78, 5) is 40.0. The Bertz CT molecular complexity index is 812. The molecule has 1 aromatic carbocycles. The Hall–Kier alpha value is -3.03. The van der Waals surface area contributed by atoms with Crippen LogP contribution in [-0.2, 0) is 19.1 Å². The van der Waals surface area contributed by atoms with Crippen molar-refractivity contribution in [1.82, 2.24) is 0 Å². The van der Waals surface area contributed by atoms with Crippen LogP contribution in [0.1, 0.15) is 39.2 Å². The second kappa shape index (κ2) is 8.57. The summed E-state index contributed by atoms with van der Waals surface area (Å²) < 4.78 is 10.4. The predicted octanol–water partition coefficient (Wildman–Crippen LogP) is 3.17. The largest absolute Gasteiger partial charge is 0.465 e. The molecule has 0 aromatic heterocycles. The lowest BCUT2D eigenvalue weighted by atomic mass is 9.78. The van der Waals surface area contributed by atoms with Crippen LogP contribution in [0, 0.1) is 16.0 Å². The Morgan fingerprint density at radius 3 is 2.63 bits per heavy atom. The van der Waals surface area contributed by atoms with E-state index in [-0.39, 0.29) is 24.0 Å². The molecule has 0 aliphatic carbocycles. The van der Waals surface area contributed by atoms with Crippen molar-refractivity contribution < 1.29 is 24.0 Å². The van der Waals surface area contributed by atoms with E-state index in [0.29, 0.717) is 11.3 Å². The zero-order valence-corrected chi connectivity index (χ0v) is 15.7. The molecular weight excluding hydrogens is 352 g/mol. The van der Waals surface area contributed by atoms with Crippen LogP contribution in [0.3, 0.4) is 0 Å². The van der Waals surface area contributed by atoms with Gasteiger partial charge in [0, 0.05) is 30.0 Å². The first-order chi connectivity index (χ1) is 12.8. The molecule has 0 saturated carbocycles. The number of carbonyl (C=O) groups is 2. The predicted molar refractivity (Wildman–Crippen MR) is 98.4 cm³/mol. The Morgan fingerprint density at radius 2 is 2.04 bits per heavy atom. The van der Waals surface area contributed by atoms with Gasteiger partial charge in [-0.3, -0.25) is 19.9 Å². The monoisotopic (exact) mass is 374 g/mol. The van der Waals surface area contributed by atoms with E-state index in [9.17, 15) is 19.7 Å². The zero-order chi connectivity index (χ0) is 20.1. The second-order valence-electron chi connectivity index (χ2n) is 6.34. The highest BCUT2D eigenvalue weighted by Gasteiger charge is 2.40. The summed E-state index contributed by atoms with van der Waals surface area (Å²) >= 11 is 0. The van der Waals surface area contributed by atoms with Crippen molar-refractivity contribution in [2.45, 2.75) is 39.7 Å². The number of non-ortho nitro benzene ring substituents is 1. The van der Waals surface area contributed by atoms with Crippen LogP contribution in [0.4, 0.5) is 5.69 Å². The zero-order valence-electron chi connectivity index (χ0n) is 15.7. The van der Waals surface area contributed by atoms with Crippen molar-refractivity contribution >= 4 is 23.8 Å². The average Bonchev–Trinajstić information content (AvgIpc) is 2.60. The number of benzene rings is 1. The Morgan fingerprint density at radius 1 is 1.33 bits per heavy atom. The van der Waals surface area contributed by atoms with Crippen LogP contribution in [0.2, 0.25) is 0 Å². The molecule has 0 spiro atoms. The minimum atomic E-state index is -0.884. The van der Waals surface area contributed by atoms with Crippen molar-refractivity contribution in [3.8, 4) is 0 Å². The van der Waals surface area contributed by atoms with E-state index in [2.05, 4.69) is 4.99 Å². The minimum absolute atomic E-state index is 0.133. The van der Waals surface area contributed by atoms with Gasteiger partial charge in [0.25, 0.3) is 5.69 Å². The van der Waals surface area contributed by atoms with Gasteiger partial charge in [-0.2, -0.15) is 0 Å². The topological polar surface area (TPSA) is 108 Å². The van der Waals surface area contributed by atoms with Gasteiger partial charge in [-0.05, 0) is 33.3 Å². The summed E-state index contributed by atoms with van der Waals surface area (Å²) in [7, 11) is 0. The number of hydrogen-bond acceptors (Lipinski definition) is 7. The molecule has 2 rings (SSSR count). The molecule has 27 heavy (non-hydrogen) atoms. The van der Waals surface area contributed by atoms with Crippen LogP contribution in [-0.4, -0.2) is 35.8 Å². The third-order valence-electron chi connectivity index (χ3n) is 4.05. The van der Waals surface area contributed by atoms with Gasteiger partial charge in [-0.15, -0.1) is 0 Å². The Balaban J connectivity index is 2.59. The lowest BCUT2D eigenvalue weighted by Gasteiger charge is -2.29. The first kappa shape index (κ1) is 20.3. The molecule has 1 aliphatic heterocycles. The van der Waals surface area contributed by atoms with Crippen LogP contribution in [0.15, 0.2) is 40.5 Å². The van der Waals surface area contributed by atoms with E-state index in [1.807, 2.05) is 0 Å². The van der Waals surface area contributed by atoms with Crippen molar-refractivity contribution in [2.75, 3.05) is 6.61 Å². The van der Waals surface area contributed by atoms with Crippen LogP contribution in [0.25, 0.3) is 0 Å². The number of carbonyl (C=O) groups excluding carboxylic acids is 2. The number of nitro benzene ring substituents is 1. The highest BCUT2D eigenvalue weighted by atomic mass is 16.6. The smallest absolute Gasteiger partial charge is 0.336 e. The molecule has 0 amide bonds. The van der Waals surface area contributed by atoms with E-state index < -0.39 is 28.7 Å². The van der Waals surface area contributed by atoms with Gasteiger partial charge in [0.05, 0.1) is 23.2 Å². The summed E-state index contributed by atoms with van der Waals surface area (Å²) in [5, 5.41) is 11.2. The lowest BCUT2D eigenvalue weighted by Crippen LogP contribution is -2.33. The molecular formula is C19H22N2O6.